The average molecular weight is 684 g/mol. The van der Waals surface area contributed by atoms with Gasteiger partial charge in [0.2, 0.25) is 21.8 Å². The van der Waals surface area contributed by atoms with Crippen molar-refractivity contribution in [3.63, 3.8) is 0 Å². The molecule has 1 aromatic rings. The third kappa shape index (κ3) is 8.19. The summed E-state index contributed by atoms with van der Waals surface area (Å²) in [7, 11) is -3.85. The molecule has 0 aromatic heterocycles. The average Bonchev–Trinajstić information content (AvgIpc) is 3.93. The van der Waals surface area contributed by atoms with E-state index in [0.717, 1.165) is 50.5 Å². The van der Waals surface area contributed by atoms with E-state index in [2.05, 4.69) is 20.5 Å². The second kappa shape index (κ2) is 14.7. The molecule has 1 unspecified atom stereocenters. The third-order valence-corrected chi connectivity index (χ3v) is 11.7. The molecule has 0 spiro atoms. The highest BCUT2D eigenvalue weighted by Crippen LogP contribution is 2.46. The summed E-state index contributed by atoms with van der Waals surface area (Å²) in [6.07, 6.45) is 12.1. The van der Waals surface area contributed by atoms with Crippen molar-refractivity contribution in [3.05, 3.63) is 48.0 Å². The van der Waals surface area contributed by atoms with Crippen LogP contribution < -0.4 is 15.4 Å². The van der Waals surface area contributed by atoms with Crippen molar-refractivity contribution >= 4 is 40.1 Å². The Labute approximate surface area is 281 Å². The van der Waals surface area contributed by atoms with E-state index < -0.39 is 68.7 Å². The highest BCUT2D eigenvalue weighted by Gasteiger charge is 2.62. The van der Waals surface area contributed by atoms with Gasteiger partial charge in [-0.2, -0.15) is 0 Å². The monoisotopic (exact) mass is 683 g/mol. The quantitative estimate of drug-likeness (QED) is 0.213. The minimum atomic E-state index is -3.85. The fourth-order valence-electron chi connectivity index (χ4n) is 6.89. The van der Waals surface area contributed by atoms with Crippen molar-refractivity contribution in [1.29, 1.82) is 0 Å². The van der Waals surface area contributed by atoms with Crippen LogP contribution in [0.5, 0.6) is 0 Å². The Balaban J connectivity index is 1.23. The number of oxime groups is 1. The van der Waals surface area contributed by atoms with E-state index in [1.807, 2.05) is 42.5 Å². The Bertz CT molecular complexity index is 1520. The molecular formula is C34H45N5O8S. The number of sulfonamides is 1. The maximum atomic E-state index is 14.2. The van der Waals surface area contributed by atoms with Crippen LogP contribution >= 0.6 is 0 Å². The highest BCUT2D eigenvalue weighted by molar-refractivity contribution is 7.91. The van der Waals surface area contributed by atoms with E-state index in [0.29, 0.717) is 25.7 Å². The van der Waals surface area contributed by atoms with Crippen LogP contribution in [-0.2, 0) is 34.0 Å². The molecule has 0 radical (unpaired) electrons. The van der Waals surface area contributed by atoms with Crippen LogP contribution in [-0.4, -0.2) is 85.0 Å². The lowest BCUT2D eigenvalue weighted by Crippen LogP contribution is -2.58. The Morgan fingerprint density at radius 2 is 1.73 bits per heavy atom. The lowest BCUT2D eigenvalue weighted by molar-refractivity contribution is -0.141. The molecule has 3 N–H and O–H groups in total. The molecule has 48 heavy (non-hydrogen) atoms. The summed E-state index contributed by atoms with van der Waals surface area (Å²) < 4.78 is 33.2. The van der Waals surface area contributed by atoms with Gasteiger partial charge >= 0.3 is 6.09 Å². The molecule has 1 saturated heterocycles. The van der Waals surface area contributed by atoms with E-state index in [4.69, 9.17) is 9.57 Å². The van der Waals surface area contributed by atoms with Gasteiger partial charge in [-0.15, -0.1) is 0 Å². The topological polar surface area (TPSA) is 173 Å². The zero-order chi connectivity index (χ0) is 33.7. The molecule has 1 aromatic carbocycles. The lowest BCUT2D eigenvalue weighted by Gasteiger charge is -2.30. The molecule has 14 heteroatoms. The standard InChI is InChI=1S/C34H45N5O8S/c40-30-29-19-26(47-35-21-23-11-5-4-6-12-23)22-39(29)31(41)28(36-33(43)46-25-14-9-10-15-25)16-8-3-1-2-7-13-24-20-34(24,37-30)32(42)38-48(44,45)27-17-18-27/h4-7,11-13,21,24-29H,1-3,8-10,14-20,22H2,(H,36,43)(H,37,40)(H,38,42)/b13-7-,35-21+/t24?,26-,28+,29+,34-/m1/s1. The molecule has 3 saturated carbocycles. The van der Waals surface area contributed by atoms with Gasteiger partial charge in [-0.1, -0.05) is 60.5 Å². The first-order valence-corrected chi connectivity index (χ1v) is 18.8. The summed E-state index contributed by atoms with van der Waals surface area (Å²) in [5.74, 6) is -2.22. The number of benzene rings is 1. The van der Waals surface area contributed by atoms with Gasteiger partial charge in [0, 0.05) is 12.3 Å². The second-order valence-corrected chi connectivity index (χ2v) is 15.6. The number of amides is 4. The summed E-state index contributed by atoms with van der Waals surface area (Å²) in [6, 6.07) is 7.34. The zero-order valence-electron chi connectivity index (χ0n) is 27.1. The molecule has 5 atom stereocenters. The lowest BCUT2D eigenvalue weighted by atomic mass is 10.0. The normalized spacial score (nSPS) is 30.7. The zero-order valence-corrected chi connectivity index (χ0v) is 27.9. The number of nitrogens with one attached hydrogen (secondary N) is 3. The van der Waals surface area contributed by atoms with Crippen LogP contribution in [0.1, 0.15) is 89.0 Å². The number of alkyl carbamates (subject to hydrolysis) is 1. The number of hydrogen-bond donors (Lipinski definition) is 3. The van der Waals surface area contributed by atoms with Crippen LogP contribution in [0.15, 0.2) is 47.6 Å². The molecular weight excluding hydrogens is 638 g/mol. The molecule has 6 rings (SSSR count). The predicted octanol–water partition coefficient (Wildman–Crippen LogP) is 3.05. The molecule has 0 bridgehead atoms. The van der Waals surface area contributed by atoms with Crippen molar-refractivity contribution in [2.75, 3.05) is 6.54 Å². The van der Waals surface area contributed by atoms with Crippen LogP contribution in [0.2, 0.25) is 0 Å². The summed E-state index contributed by atoms with van der Waals surface area (Å²) in [6.45, 7) is 0.0253. The van der Waals surface area contributed by atoms with E-state index >= 15 is 0 Å². The van der Waals surface area contributed by atoms with Gasteiger partial charge in [0.25, 0.3) is 5.91 Å². The first-order valence-electron chi connectivity index (χ1n) is 17.2. The maximum absolute atomic E-state index is 14.2. The van der Waals surface area contributed by atoms with Gasteiger partial charge in [-0.25, -0.2) is 13.2 Å². The maximum Gasteiger partial charge on any atom is 0.408 e. The molecule has 260 valence electrons. The van der Waals surface area contributed by atoms with E-state index in [1.165, 1.54) is 4.90 Å². The minimum Gasteiger partial charge on any atom is -0.446 e. The van der Waals surface area contributed by atoms with Gasteiger partial charge in [0.1, 0.15) is 29.8 Å². The molecule has 4 fully saturated rings. The van der Waals surface area contributed by atoms with Crippen LogP contribution in [0.25, 0.3) is 0 Å². The molecule has 2 heterocycles. The molecule has 3 aliphatic carbocycles. The summed E-state index contributed by atoms with van der Waals surface area (Å²) in [5, 5.41) is 9.13. The number of carbonyl (C=O) groups is 4. The second-order valence-electron chi connectivity index (χ2n) is 13.6. The van der Waals surface area contributed by atoms with Gasteiger partial charge in [-0.05, 0) is 69.8 Å². The number of ether oxygens (including phenoxy) is 1. The number of fused-ring (bicyclic) bond motifs is 2. The number of nitrogens with zero attached hydrogens (tertiary/aromatic N) is 2. The molecule has 2 aliphatic heterocycles. The number of allylic oxidation sites excluding steroid dienone is 1. The summed E-state index contributed by atoms with van der Waals surface area (Å²) >= 11 is 0. The fraction of sp³-hybridized carbons (Fsp3) is 0.618. The first-order chi connectivity index (χ1) is 23.1. The number of hydrogen-bond acceptors (Lipinski definition) is 9. The van der Waals surface area contributed by atoms with Crippen LogP contribution in [0, 0.1) is 5.92 Å². The number of carbonyl (C=O) groups excluding carboxylic acids is 4. The Morgan fingerprint density at radius 1 is 0.979 bits per heavy atom. The van der Waals surface area contributed by atoms with Crippen LogP contribution in [0.3, 0.4) is 0 Å². The van der Waals surface area contributed by atoms with Gasteiger partial charge in [-0.3, -0.25) is 19.1 Å². The highest BCUT2D eigenvalue weighted by atomic mass is 32.2. The fourth-order valence-corrected chi connectivity index (χ4v) is 8.25. The molecule has 4 amide bonds. The SMILES string of the molecule is O=C(N[C@H]1CCCCC/C=C\C2C[C@@]2(C(=O)NS(=O)(=O)C2CC2)NC(=O)[C@@H]2C[C@@H](O/N=C/c3ccccc3)CN2C1=O)OC1CCCC1. The Kier molecular flexibility index (Phi) is 10.4. The largest absolute Gasteiger partial charge is 0.446 e. The molecule has 5 aliphatic rings. The van der Waals surface area contributed by atoms with E-state index in [1.54, 1.807) is 6.21 Å². The Morgan fingerprint density at radius 3 is 2.48 bits per heavy atom. The predicted molar refractivity (Wildman–Crippen MR) is 176 cm³/mol. The van der Waals surface area contributed by atoms with Gasteiger partial charge in [0.15, 0.2) is 0 Å². The third-order valence-electron chi connectivity index (χ3n) is 9.92. The van der Waals surface area contributed by atoms with Crippen molar-refractivity contribution in [1.82, 2.24) is 20.3 Å². The van der Waals surface area contributed by atoms with Gasteiger partial charge in [0.05, 0.1) is 18.0 Å². The summed E-state index contributed by atoms with van der Waals surface area (Å²) in [5.41, 5.74) is -0.649. The van der Waals surface area contributed by atoms with E-state index in [-0.39, 0.29) is 25.5 Å². The van der Waals surface area contributed by atoms with Gasteiger partial charge < -0.3 is 25.1 Å². The number of rotatable bonds is 8. The molecule has 13 nitrogen and oxygen atoms in total. The summed E-state index contributed by atoms with van der Waals surface area (Å²) in [4.78, 5) is 61.9. The van der Waals surface area contributed by atoms with Crippen molar-refractivity contribution in [2.24, 2.45) is 11.1 Å². The smallest absolute Gasteiger partial charge is 0.408 e. The van der Waals surface area contributed by atoms with E-state index in [9.17, 15) is 27.6 Å². The minimum absolute atomic E-state index is 0.0253. The first kappa shape index (κ1) is 33.9. The van der Waals surface area contributed by atoms with Crippen molar-refractivity contribution in [3.8, 4) is 0 Å². The van der Waals surface area contributed by atoms with Crippen LogP contribution in [0.4, 0.5) is 4.79 Å². The van der Waals surface area contributed by atoms with Crippen molar-refractivity contribution in [2.45, 2.75) is 119 Å². The Hall–Kier alpha value is -3.94. The van der Waals surface area contributed by atoms with Crippen molar-refractivity contribution < 1.29 is 37.2 Å².